The Kier molecular flexibility index (Phi) is 4.50. The number of rotatable bonds is 4. The highest BCUT2D eigenvalue weighted by molar-refractivity contribution is 7.99. The molecular weight excluding hydrogens is 256 g/mol. The van der Waals surface area contributed by atoms with E-state index in [1.54, 1.807) is 12.5 Å². The normalized spacial score (nSPS) is 11.5. The van der Waals surface area contributed by atoms with Crippen molar-refractivity contribution in [3.05, 3.63) is 42.5 Å². The largest absolute Gasteiger partial charge is 0.308 e. The molecule has 0 bridgehead atoms. The first kappa shape index (κ1) is 14.0. The quantitative estimate of drug-likeness (QED) is 0.869. The highest BCUT2D eigenvalue weighted by Gasteiger charge is 2.08. The molecule has 0 amide bonds. The Labute approximate surface area is 118 Å². The van der Waals surface area contributed by atoms with E-state index in [0.717, 1.165) is 16.6 Å². The minimum atomic E-state index is 0.119. The van der Waals surface area contributed by atoms with Crippen LogP contribution >= 0.6 is 11.8 Å². The topological polar surface area (TPSA) is 50.7 Å². The van der Waals surface area contributed by atoms with Gasteiger partial charge in [-0.2, -0.15) is 0 Å². The number of nitrogens with one attached hydrogen (secondary N) is 1. The predicted molar refractivity (Wildman–Crippen MR) is 77.0 cm³/mol. The van der Waals surface area contributed by atoms with Gasteiger partial charge in [0.25, 0.3) is 0 Å². The summed E-state index contributed by atoms with van der Waals surface area (Å²) in [5.41, 5.74) is 1.30. The molecule has 0 aliphatic carbocycles. The Balaban J connectivity index is 1.95. The van der Waals surface area contributed by atoms with Crippen LogP contribution in [-0.4, -0.2) is 20.5 Å². The summed E-state index contributed by atoms with van der Waals surface area (Å²) in [6, 6.07) is 5.99. The minimum Gasteiger partial charge on any atom is -0.308 e. The van der Waals surface area contributed by atoms with E-state index >= 15 is 0 Å². The van der Waals surface area contributed by atoms with E-state index in [2.05, 4.69) is 47.1 Å². The van der Waals surface area contributed by atoms with Crippen LogP contribution in [0.5, 0.6) is 0 Å². The van der Waals surface area contributed by atoms with Crippen molar-refractivity contribution in [2.24, 2.45) is 0 Å². The van der Waals surface area contributed by atoms with Crippen molar-refractivity contribution in [1.82, 2.24) is 20.3 Å². The van der Waals surface area contributed by atoms with E-state index in [1.807, 2.05) is 18.3 Å². The van der Waals surface area contributed by atoms with Gasteiger partial charge in [-0.15, -0.1) is 0 Å². The summed E-state index contributed by atoms with van der Waals surface area (Å²) in [4.78, 5) is 12.5. The third-order valence-corrected chi connectivity index (χ3v) is 3.29. The molecule has 0 aliphatic rings. The molecule has 2 heterocycles. The second-order valence-electron chi connectivity index (χ2n) is 5.26. The van der Waals surface area contributed by atoms with E-state index in [4.69, 9.17) is 0 Å². The first-order valence-corrected chi connectivity index (χ1v) is 6.98. The number of pyridine rings is 1. The molecular formula is C14H18N4S. The van der Waals surface area contributed by atoms with E-state index in [0.29, 0.717) is 0 Å². The van der Waals surface area contributed by atoms with Gasteiger partial charge in [0, 0.05) is 24.5 Å². The van der Waals surface area contributed by atoms with Crippen molar-refractivity contribution < 1.29 is 0 Å². The van der Waals surface area contributed by atoms with Crippen LogP contribution in [0, 0.1) is 0 Å². The fraction of sp³-hybridized carbons (Fsp3) is 0.357. The van der Waals surface area contributed by atoms with Crippen LogP contribution in [0.1, 0.15) is 26.3 Å². The van der Waals surface area contributed by atoms with E-state index in [-0.39, 0.29) is 5.54 Å². The third-order valence-electron chi connectivity index (χ3n) is 2.38. The maximum Gasteiger partial charge on any atom is 0.116 e. The summed E-state index contributed by atoms with van der Waals surface area (Å²) in [5.74, 6) is 0. The van der Waals surface area contributed by atoms with Gasteiger partial charge in [0.1, 0.15) is 16.4 Å². The number of hydrogen-bond acceptors (Lipinski definition) is 5. The molecule has 100 valence electrons. The van der Waals surface area contributed by atoms with Gasteiger partial charge in [0.05, 0.1) is 0 Å². The van der Waals surface area contributed by atoms with Crippen molar-refractivity contribution in [2.75, 3.05) is 0 Å². The Morgan fingerprint density at radius 2 is 1.89 bits per heavy atom. The fourth-order valence-electron chi connectivity index (χ4n) is 1.39. The summed E-state index contributed by atoms with van der Waals surface area (Å²) in [6.07, 6.45) is 5.18. The van der Waals surface area contributed by atoms with Gasteiger partial charge >= 0.3 is 0 Å². The fourth-order valence-corrected chi connectivity index (χ4v) is 2.07. The third kappa shape index (κ3) is 4.96. The lowest BCUT2D eigenvalue weighted by Gasteiger charge is -2.20. The molecule has 5 heteroatoms. The molecule has 2 aromatic heterocycles. The Morgan fingerprint density at radius 3 is 2.47 bits per heavy atom. The molecule has 0 unspecified atom stereocenters. The van der Waals surface area contributed by atoms with Crippen LogP contribution in [0.2, 0.25) is 0 Å². The molecule has 0 fully saturated rings. The van der Waals surface area contributed by atoms with Crippen LogP contribution in [0.15, 0.2) is 47.0 Å². The molecule has 0 radical (unpaired) electrons. The summed E-state index contributed by atoms with van der Waals surface area (Å²) >= 11 is 1.54. The molecule has 0 aliphatic heterocycles. The lowest BCUT2D eigenvalue weighted by molar-refractivity contribution is 0.424. The lowest BCUT2D eigenvalue weighted by atomic mass is 10.1. The highest BCUT2D eigenvalue weighted by Crippen LogP contribution is 2.23. The first-order chi connectivity index (χ1) is 9.03. The Bertz CT molecular complexity index is 505. The zero-order chi connectivity index (χ0) is 13.7. The van der Waals surface area contributed by atoms with Crippen LogP contribution in [0.25, 0.3) is 0 Å². The van der Waals surface area contributed by atoms with Crippen molar-refractivity contribution >= 4 is 11.8 Å². The Hall–Kier alpha value is -1.46. The van der Waals surface area contributed by atoms with Gasteiger partial charge in [-0.25, -0.2) is 15.0 Å². The standard InChI is InChI=1S/C14H18N4S/c1-14(2,3)18-9-11-4-5-12(16-8-11)19-13-6-7-15-10-17-13/h4-8,10,18H,9H2,1-3H3. The molecule has 0 atom stereocenters. The average Bonchev–Trinajstić information content (AvgIpc) is 2.38. The number of hydrogen-bond donors (Lipinski definition) is 1. The Morgan fingerprint density at radius 1 is 1.11 bits per heavy atom. The smallest absolute Gasteiger partial charge is 0.116 e. The molecule has 0 spiro atoms. The summed E-state index contributed by atoms with van der Waals surface area (Å²) in [6.45, 7) is 7.29. The lowest BCUT2D eigenvalue weighted by Crippen LogP contribution is -2.35. The second kappa shape index (κ2) is 6.12. The minimum absolute atomic E-state index is 0.119. The molecule has 2 aromatic rings. The highest BCUT2D eigenvalue weighted by atomic mass is 32.2. The molecule has 1 N–H and O–H groups in total. The molecule has 19 heavy (non-hydrogen) atoms. The molecule has 4 nitrogen and oxygen atoms in total. The van der Waals surface area contributed by atoms with Gasteiger partial charge in [-0.3, -0.25) is 0 Å². The maximum atomic E-state index is 4.44. The van der Waals surface area contributed by atoms with Crippen molar-refractivity contribution in [3.63, 3.8) is 0 Å². The predicted octanol–water partition coefficient (Wildman–Crippen LogP) is 2.91. The molecule has 0 aromatic carbocycles. The molecule has 0 saturated carbocycles. The monoisotopic (exact) mass is 274 g/mol. The van der Waals surface area contributed by atoms with E-state index in [9.17, 15) is 0 Å². The SMILES string of the molecule is CC(C)(C)NCc1ccc(Sc2ccncn2)nc1. The van der Waals surface area contributed by atoms with E-state index < -0.39 is 0 Å². The summed E-state index contributed by atoms with van der Waals surface area (Å²) in [7, 11) is 0. The molecule has 0 saturated heterocycles. The van der Waals surface area contributed by atoms with Crippen LogP contribution < -0.4 is 5.32 Å². The first-order valence-electron chi connectivity index (χ1n) is 6.17. The van der Waals surface area contributed by atoms with Crippen molar-refractivity contribution in [2.45, 2.75) is 42.9 Å². The zero-order valence-electron chi connectivity index (χ0n) is 11.4. The average molecular weight is 274 g/mol. The van der Waals surface area contributed by atoms with Gasteiger partial charge in [0.15, 0.2) is 0 Å². The van der Waals surface area contributed by atoms with Gasteiger partial charge in [0.2, 0.25) is 0 Å². The summed E-state index contributed by atoms with van der Waals surface area (Å²) < 4.78 is 0. The van der Waals surface area contributed by atoms with E-state index in [1.165, 1.54) is 17.3 Å². The van der Waals surface area contributed by atoms with Crippen LogP contribution in [0.3, 0.4) is 0 Å². The van der Waals surface area contributed by atoms with Crippen LogP contribution in [0.4, 0.5) is 0 Å². The maximum absolute atomic E-state index is 4.44. The van der Waals surface area contributed by atoms with Gasteiger partial charge in [-0.1, -0.05) is 6.07 Å². The van der Waals surface area contributed by atoms with Crippen LogP contribution in [-0.2, 0) is 6.54 Å². The van der Waals surface area contributed by atoms with Gasteiger partial charge in [-0.05, 0) is 50.2 Å². The zero-order valence-corrected chi connectivity index (χ0v) is 12.2. The summed E-state index contributed by atoms with van der Waals surface area (Å²) in [5, 5.41) is 5.29. The number of aromatic nitrogens is 3. The number of nitrogens with zero attached hydrogens (tertiary/aromatic N) is 3. The van der Waals surface area contributed by atoms with Crippen molar-refractivity contribution in [1.29, 1.82) is 0 Å². The molecule has 2 rings (SSSR count). The second-order valence-corrected chi connectivity index (χ2v) is 6.30. The van der Waals surface area contributed by atoms with Crippen molar-refractivity contribution in [3.8, 4) is 0 Å². The van der Waals surface area contributed by atoms with Gasteiger partial charge < -0.3 is 5.32 Å².